The van der Waals surface area contributed by atoms with E-state index in [1.54, 1.807) is 12.1 Å². The van der Waals surface area contributed by atoms with Crippen molar-refractivity contribution in [3.63, 3.8) is 0 Å². The normalized spacial score (nSPS) is 12.5. The van der Waals surface area contributed by atoms with Crippen molar-refractivity contribution in [2.45, 2.75) is 25.8 Å². The Morgan fingerprint density at radius 3 is 1.90 bits per heavy atom. The standard InChI is InChI=1S/C26H25NO4/c1-18(19-8-4-2-5-9-19)27-25(29)17-23(26(30)31)16-24(28)22-14-12-21(13-15-22)20-10-6-3-7-11-20/h2-15,18,23H,16-17H2,1H3,(H,27,29)(H,30,31). The molecule has 0 radical (unpaired) electrons. The minimum Gasteiger partial charge on any atom is -0.481 e. The van der Waals surface area contributed by atoms with Crippen molar-refractivity contribution in [3.8, 4) is 11.1 Å². The molecule has 0 fully saturated rings. The summed E-state index contributed by atoms with van der Waals surface area (Å²) in [6, 6.07) is 26.0. The van der Waals surface area contributed by atoms with E-state index in [1.807, 2.05) is 79.7 Å². The topological polar surface area (TPSA) is 83.5 Å². The molecule has 31 heavy (non-hydrogen) atoms. The van der Waals surface area contributed by atoms with Crippen molar-refractivity contribution in [3.05, 3.63) is 96.1 Å². The van der Waals surface area contributed by atoms with E-state index >= 15 is 0 Å². The number of hydrogen-bond acceptors (Lipinski definition) is 3. The number of Topliss-reactive ketones (excluding diaryl/α,β-unsaturated/α-hetero) is 1. The molecule has 5 heteroatoms. The Morgan fingerprint density at radius 2 is 1.32 bits per heavy atom. The third-order valence-electron chi connectivity index (χ3n) is 5.20. The van der Waals surface area contributed by atoms with Crippen molar-refractivity contribution < 1.29 is 19.5 Å². The number of nitrogens with one attached hydrogen (secondary N) is 1. The lowest BCUT2D eigenvalue weighted by molar-refractivity contribution is -0.144. The molecule has 0 aliphatic carbocycles. The van der Waals surface area contributed by atoms with Crippen molar-refractivity contribution in [2.24, 2.45) is 5.92 Å². The maximum Gasteiger partial charge on any atom is 0.307 e. The second-order valence-electron chi connectivity index (χ2n) is 7.51. The van der Waals surface area contributed by atoms with E-state index in [1.165, 1.54) is 0 Å². The van der Waals surface area contributed by atoms with Gasteiger partial charge in [-0.15, -0.1) is 0 Å². The zero-order valence-corrected chi connectivity index (χ0v) is 17.3. The largest absolute Gasteiger partial charge is 0.481 e. The van der Waals surface area contributed by atoms with E-state index in [0.29, 0.717) is 5.56 Å². The van der Waals surface area contributed by atoms with Crippen LogP contribution >= 0.6 is 0 Å². The highest BCUT2D eigenvalue weighted by Crippen LogP contribution is 2.21. The average Bonchev–Trinajstić information content (AvgIpc) is 2.79. The van der Waals surface area contributed by atoms with Crippen LogP contribution in [-0.4, -0.2) is 22.8 Å². The van der Waals surface area contributed by atoms with Gasteiger partial charge in [0.1, 0.15) is 0 Å². The Kier molecular flexibility index (Phi) is 7.33. The number of ketones is 1. The van der Waals surface area contributed by atoms with Crippen LogP contribution in [0.4, 0.5) is 0 Å². The van der Waals surface area contributed by atoms with Crippen LogP contribution in [0.2, 0.25) is 0 Å². The third kappa shape index (κ3) is 6.12. The summed E-state index contributed by atoms with van der Waals surface area (Å²) in [5.74, 6) is -2.92. The Morgan fingerprint density at radius 1 is 0.774 bits per heavy atom. The SMILES string of the molecule is CC(NC(=O)CC(CC(=O)c1ccc(-c2ccccc2)cc1)C(=O)O)c1ccccc1. The number of aliphatic carboxylic acids is 1. The zero-order chi connectivity index (χ0) is 22.2. The lowest BCUT2D eigenvalue weighted by Crippen LogP contribution is -2.31. The maximum atomic E-state index is 12.6. The first-order chi connectivity index (χ1) is 14.9. The van der Waals surface area contributed by atoms with E-state index in [2.05, 4.69) is 5.32 Å². The summed E-state index contributed by atoms with van der Waals surface area (Å²) in [7, 11) is 0. The van der Waals surface area contributed by atoms with Gasteiger partial charge in [-0.1, -0.05) is 84.9 Å². The number of hydrogen-bond donors (Lipinski definition) is 2. The molecular formula is C26H25NO4. The van der Waals surface area contributed by atoms with E-state index in [9.17, 15) is 19.5 Å². The number of amides is 1. The molecule has 0 aliphatic rings. The Labute approximate surface area is 181 Å². The van der Waals surface area contributed by atoms with Gasteiger partial charge < -0.3 is 10.4 Å². The van der Waals surface area contributed by atoms with Crippen molar-refractivity contribution in [1.29, 1.82) is 0 Å². The van der Waals surface area contributed by atoms with Gasteiger partial charge in [0, 0.05) is 18.4 Å². The number of carboxylic acid groups (broad SMARTS) is 1. The molecule has 0 spiro atoms. The zero-order valence-electron chi connectivity index (χ0n) is 17.3. The highest BCUT2D eigenvalue weighted by Gasteiger charge is 2.25. The fourth-order valence-electron chi connectivity index (χ4n) is 3.42. The molecule has 0 aliphatic heterocycles. The molecule has 0 bridgehead atoms. The molecule has 2 atom stereocenters. The molecule has 3 aromatic carbocycles. The predicted octanol–water partition coefficient (Wildman–Crippen LogP) is 4.89. The highest BCUT2D eigenvalue weighted by molar-refractivity contribution is 5.99. The van der Waals surface area contributed by atoms with Gasteiger partial charge in [0.05, 0.1) is 12.0 Å². The van der Waals surface area contributed by atoms with Gasteiger partial charge in [-0.2, -0.15) is 0 Å². The number of rotatable bonds is 9. The number of carboxylic acids is 1. The molecule has 0 heterocycles. The Balaban J connectivity index is 1.61. The fraction of sp³-hybridized carbons (Fsp3) is 0.192. The van der Waals surface area contributed by atoms with Gasteiger partial charge >= 0.3 is 5.97 Å². The highest BCUT2D eigenvalue weighted by atomic mass is 16.4. The Hall–Kier alpha value is -3.73. The van der Waals surface area contributed by atoms with E-state index in [-0.39, 0.29) is 24.7 Å². The number of benzene rings is 3. The summed E-state index contributed by atoms with van der Waals surface area (Å²) >= 11 is 0. The van der Waals surface area contributed by atoms with Crippen LogP contribution in [0.1, 0.15) is 41.7 Å². The van der Waals surface area contributed by atoms with Crippen molar-refractivity contribution >= 4 is 17.7 Å². The molecule has 2 unspecified atom stereocenters. The van der Waals surface area contributed by atoms with Crippen LogP contribution in [0, 0.1) is 5.92 Å². The molecule has 5 nitrogen and oxygen atoms in total. The molecule has 3 rings (SSSR count). The molecule has 3 aromatic rings. The summed E-state index contributed by atoms with van der Waals surface area (Å²) in [4.78, 5) is 36.7. The predicted molar refractivity (Wildman–Crippen MR) is 120 cm³/mol. The summed E-state index contributed by atoms with van der Waals surface area (Å²) in [5.41, 5.74) is 3.37. The minimum absolute atomic E-state index is 0.229. The molecule has 0 saturated heterocycles. The molecule has 2 N–H and O–H groups in total. The van der Waals surface area contributed by atoms with Crippen molar-refractivity contribution in [1.82, 2.24) is 5.32 Å². The van der Waals surface area contributed by atoms with Crippen LogP contribution in [0.3, 0.4) is 0 Å². The lowest BCUT2D eigenvalue weighted by Gasteiger charge is -2.16. The lowest BCUT2D eigenvalue weighted by atomic mass is 9.94. The molecule has 1 amide bonds. The first kappa shape index (κ1) is 22.0. The van der Waals surface area contributed by atoms with E-state index in [4.69, 9.17) is 0 Å². The molecule has 0 saturated carbocycles. The van der Waals surface area contributed by atoms with Gasteiger partial charge in [0.2, 0.25) is 5.91 Å². The summed E-state index contributed by atoms with van der Waals surface area (Å²) in [6.07, 6.45) is -0.479. The minimum atomic E-state index is -1.16. The molecule has 158 valence electrons. The van der Waals surface area contributed by atoms with E-state index < -0.39 is 17.8 Å². The maximum absolute atomic E-state index is 12.6. The van der Waals surface area contributed by atoms with Gasteiger partial charge in [0.25, 0.3) is 0 Å². The Bertz CT molecular complexity index is 1030. The second-order valence-corrected chi connectivity index (χ2v) is 7.51. The monoisotopic (exact) mass is 415 g/mol. The molecule has 0 aromatic heterocycles. The second kappa shape index (κ2) is 10.3. The van der Waals surface area contributed by atoms with Gasteiger partial charge in [-0.05, 0) is 23.6 Å². The van der Waals surface area contributed by atoms with Crippen LogP contribution in [-0.2, 0) is 9.59 Å². The van der Waals surface area contributed by atoms with E-state index in [0.717, 1.165) is 16.7 Å². The molecular weight excluding hydrogens is 390 g/mol. The first-order valence-electron chi connectivity index (χ1n) is 10.2. The van der Waals surface area contributed by atoms with Gasteiger partial charge in [-0.3, -0.25) is 14.4 Å². The van der Waals surface area contributed by atoms with Crippen LogP contribution in [0.5, 0.6) is 0 Å². The number of carbonyl (C=O) groups excluding carboxylic acids is 2. The first-order valence-corrected chi connectivity index (χ1v) is 10.2. The summed E-state index contributed by atoms with van der Waals surface area (Å²) in [6.45, 7) is 1.84. The summed E-state index contributed by atoms with van der Waals surface area (Å²) in [5, 5.41) is 12.3. The van der Waals surface area contributed by atoms with Gasteiger partial charge in [0.15, 0.2) is 5.78 Å². The van der Waals surface area contributed by atoms with Crippen LogP contribution in [0.15, 0.2) is 84.9 Å². The number of carbonyl (C=O) groups is 3. The fourth-order valence-corrected chi connectivity index (χ4v) is 3.42. The summed E-state index contributed by atoms with van der Waals surface area (Å²) < 4.78 is 0. The smallest absolute Gasteiger partial charge is 0.307 e. The quantitative estimate of drug-likeness (QED) is 0.487. The van der Waals surface area contributed by atoms with Crippen LogP contribution in [0.25, 0.3) is 11.1 Å². The van der Waals surface area contributed by atoms with Crippen LogP contribution < -0.4 is 5.32 Å². The van der Waals surface area contributed by atoms with Gasteiger partial charge in [-0.25, -0.2) is 0 Å². The average molecular weight is 415 g/mol. The third-order valence-corrected chi connectivity index (χ3v) is 5.20. The van der Waals surface area contributed by atoms with Crippen molar-refractivity contribution in [2.75, 3.05) is 0 Å².